The maximum absolute atomic E-state index is 12.3. The molecule has 1 fully saturated rings. The van der Waals surface area contributed by atoms with Crippen LogP contribution in [0.1, 0.15) is 34.6 Å². The van der Waals surface area contributed by atoms with Gasteiger partial charge in [0.25, 0.3) is 10.1 Å². The molecule has 1 aliphatic heterocycles. The normalized spacial score (nSPS) is 17.0. The van der Waals surface area contributed by atoms with Crippen LogP contribution in [-0.2, 0) is 19.5 Å². The zero-order chi connectivity index (χ0) is 36.5. The number of carbonyl (C=O) groups is 2. The molecule has 50 heavy (non-hydrogen) atoms. The summed E-state index contributed by atoms with van der Waals surface area (Å²) in [5.74, 6) is -3.77. The molecular formula is C28H28N8O12S2. The van der Waals surface area contributed by atoms with E-state index in [9.17, 15) is 43.0 Å². The summed E-state index contributed by atoms with van der Waals surface area (Å²) in [5.41, 5.74) is -1.69. The van der Waals surface area contributed by atoms with Crippen LogP contribution in [0.15, 0.2) is 56.4 Å². The number of fused-ring (bicyclic) bond motifs is 1. The molecule has 2 atom stereocenters. The number of anilines is 3. The van der Waals surface area contributed by atoms with Gasteiger partial charge in [0.15, 0.2) is 5.75 Å². The molecule has 0 bridgehead atoms. The van der Waals surface area contributed by atoms with Gasteiger partial charge in [-0.15, -0.1) is 9.45 Å². The molecule has 3 aromatic carbocycles. The molecule has 1 aromatic heterocycles. The number of aromatic carboxylic acids is 2. The van der Waals surface area contributed by atoms with Crippen molar-refractivity contribution in [3.05, 3.63) is 47.5 Å². The lowest BCUT2D eigenvalue weighted by atomic mass is 10.1. The number of benzene rings is 3. The van der Waals surface area contributed by atoms with E-state index in [4.69, 9.17) is 5.26 Å². The van der Waals surface area contributed by atoms with Crippen LogP contribution < -0.4 is 10.2 Å². The minimum atomic E-state index is -4.86. The summed E-state index contributed by atoms with van der Waals surface area (Å²) >= 11 is 0.289. The number of aromatic hydroxyl groups is 2. The maximum Gasteiger partial charge on any atom is 0.335 e. The predicted octanol–water partition coefficient (Wildman–Crippen LogP) is 4.20. The number of aromatic nitrogens is 3. The fourth-order valence-corrected chi connectivity index (χ4v) is 6.22. The number of phenolic OH excluding ortho intramolecular Hbond substituents is 1. The first-order chi connectivity index (χ1) is 23.5. The molecule has 0 amide bonds. The number of carboxylic acids is 2. The number of nitrogens with zero attached hydrogens (tertiary/aromatic N) is 7. The summed E-state index contributed by atoms with van der Waals surface area (Å²) in [5, 5.41) is 63.7. The van der Waals surface area contributed by atoms with Crippen LogP contribution in [0.2, 0.25) is 0 Å². The number of piperazine rings is 1. The van der Waals surface area contributed by atoms with Gasteiger partial charge in [0.05, 0.1) is 44.3 Å². The van der Waals surface area contributed by atoms with Crippen molar-refractivity contribution in [1.82, 2.24) is 19.9 Å². The van der Waals surface area contributed by atoms with Crippen molar-refractivity contribution in [3.8, 4) is 11.8 Å². The Bertz CT molecular complexity index is 2100. The third-order valence-electron chi connectivity index (χ3n) is 7.67. The van der Waals surface area contributed by atoms with Gasteiger partial charge in [0, 0.05) is 30.6 Å². The Hall–Kier alpha value is -5.23. The van der Waals surface area contributed by atoms with Gasteiger partial charge in [-0.3, -0.25) is 9.45 Å². The SMILES string of the molecule is CC1CN(c2nc(O)nc(Nc3cc(S(=O)(=O)O)cc4cc(SOOO)c(N=Nc5cc(C(=O)O)cc(C(=O)O)c5)c(O)c34)n2)C(C)CN1C. The van der Waals surface area contributed by atoms with E-state index in [1.807, 2.05) is 25.8 Å². The average Bonchev–Trinajstić information content (AvgIpc) is 3.03. The van der Waals surface area contributed by atoms with E-state index in [0.29, 0.717) is 13.1 Å². The number of likely N-dealkylation sites (N-methyl/N-ethyl adjacent to an activating group) is 1. The van der Waals surface area contributed by atoms with Crippen LogP contribution in [0.25, 0.3) is 10.8 Å². The lowest BCUT2D eigenvalue weighted by molar-refractivity contribution is -0.432. The minimum absolute atomic E-state index is 0.0517. The highest BCUT2D eigenvalue weighted by atomic mass is 32.2. The van der Waals surface area contributed by atoms with E-state index in [-0.39, 0.29) is 63.1 Å². The van der Waals surface area contributed by atoms with Crippen LogP contribution in [0.4, 0.5) is 29.0 Å². The quantitative estimate of drug-likeness (QED) is 0.0374. The zero-order valence-corrected chi connectivity index (χ0v) is 27.7. The van der Waals surface area contributed by atoms with E-state index >= 15 is 0 Å². The first kappa shape index (κ1) is 36.1. The van der Waals surface area contributed by atoms with E-state index in [1.54, 1.807) is 0 Å². The molecule has 7 N–H and O–H groups in total. The molecule has 20 nitrogen and oxygen atoms in total. The van der Waals surface area contributed by atoms with Crippen molar-refractivity contribution < 1.29 is 57.6 Å². The van der Waals surface area contributed by atoms with Crippen molar-refractivity contribution >= 4 is 73.8 Å². The Labute approximate surface area is 286 Å². The Morgan fingerprint density at radius 1 is 0.960 bits per heavy atom. The third-order valence-corrected chi connectivity index (χ3v) is 9.12. The Morgan fingerprint density at radius 2 is 1.64 bits per heavy atom. The van der Waals surface area contributed by atoms with E-state index in [2.05, 4.69) is 44.8 Å². The van der Waals surface area contributed by atoms with E-state index < -0.39 is 55.5 Å². The summed E-state index contributed by atoms with van der Waals surface area (Å²) in [6.45, 7) is 5.10. The van der Waals surface area contributed by atoms with E-state index in [0.717, 1.165) is 30.3 Å². The highest BCUT2D eigenvalue weighted by Gasteiger charge is 2.30. The lowest BCUT2D eigenvalue weighted by Crippen LogP contribution is -2.55. The molecule has 2 unspecified atom stereocenters. The number of hydrogen-bond acceptors (Lipinski definition) is 18. The molecule has 2 heterocycles. The first-order valence-corrected chi connectivity index (χ1v) is 16.4. The molecule has 1 saturated heterocycles. The molecule has 22 heteroatoms. The molecule has 4 aromatic rings. The van der Waals surface area contributed by atoms with Gasteiger partial charge >= 0.3 is 17.9 Å². The number of azo groups is 1. The Morgan fingerprint density at radius 3 is 2.26 bits per heavy atom. The second-order valence-electron chi connectivity index (χ2n) is 11.1. The number of rotatable bonds is 11. The van der Waals surface area contributed by atoms with Crippen LogP contribution in [-0.4, -0.2) is 103 Å². The van der Waals surface area contributed by atoms with Gasteiger partial charge < -0.3 is 30.6 Å². The standard InChI is InChI=1S/C28H28N8O12S2/c1-12-11-36(13(2)10-35(12)3)27-30-26(31-28(42)32-27)29-19-9-18(50(44,45)46)7-14-8-20(49-48-47-43)22(23(37)21(14)19)34-33-17-5-15(24(38)39)4-16(6-17)25(40)41/h4-9,12-13,37,43H,10-11H2,1-3H3,(H,38,39)(H,40,41)(H,44,45,46)(H2,29,30,31,32,42). The fourth-order valence-electron chi connectivity index (χ4n) is 5.18. The second-order valence-corrected chi connectivity index (χ2v) is 13.3. The van der Waals surface area contributed by atoms with Crippen molar-refractivity contribution in [2.24, 2.45) is 10.2 Å². The summed E-state index contributed by atoms with van der Waals surface area (Å²) in [6, 6.07) is 5.48. The molecule has 1 aliphatic rings. The van der Waals surface area contributed by atoms with Crippen LogP contribution in [0.5, 0.6) is 11.8 Å². The molecule has 0 saturated carbocycles. The van der Waals surface area contributed by atoms with Crippen LogP contribution >= 0.6 is 12.0 Å². The van der Waals surface area contributed by atoms with Crippen molar-refractivity contribution in [2.45, 2.75) is 35.7 Å². The molecule has 5 rings (SSSR count). The number of carboxylic acid groups (broad SMARTS) is 2. The molecule has 0 spiro atoms. The molecule has 264 valence electrons. The summed E-state index contributed by atoms with van der Waals surface area (Å²) in [4.78, 5) is 38.7. The topological polar surface area (TPSA) is 290 Å². The van der Waals surface area contributed by atoms with Gasteiger partial charge in [0.2, 0.25) is 11.9 Å². The predicted molar refractivity (Wildman–Crippen MR) is 174 cm³/mol. The largest absolute Gasteiger partial charge is 0.505 e. The van der Waals surface area contributed by atoms with Gasteiger partial charge in [-0.05, 0) is 62.7 Å². The highest BCUT2D eigenvalue weighted by Crippen LogP contribution is 2.47. The maximum atomic E-state index is 12.3. The van der Waals surface area contributed by atoms with Gasteiger partial charge in [0.1, 0.15) is 5.69 Å². The summed E-state index contributed by atoms with van der Waals surface area (Å²) < 4.78 is 39.0. The van der Waals surface area contributed by atoms with Crippen LogP contribution in [0.3, 0.4) is 0 Å². The second kappa shape index (κ2) is 14.3. The number of nitrogens with one attached hydrogen (secondary N) is 1. The summed E-state index contributed by atoms with van der Waals surface area (Å²) in [7, 11) is -2.89. The van der Waals surface area contributed by atoms with Crippen molar-refractivity contribution in [2.75, 3.05) is 30.4 Å². The van der Waals surface area contributed by atoms with Gasteiger partial charge in [-0.25, -0.2) is 14.8 Å². The van der Waals surface area contributed by atoms with Gasteiger partial charge in [-0.2, -0.15) is 28.5 Å². The number of hydrogen-bond donors (Lipinski definition) is 7. The molecular weight excluding hydrogens is 704 g/mol. The molecule has 0 aliphatic carbocycles. The lowest BCUT2D eigenvalue weighted by Gasteiger charge is -2.42. The first-order valence-electron chi connectivity index (χ1n) is 14.2. The average molecular weight is 733 g/mol. The minimum Gasteiger partial charge on any atom is -0.505 e. The Balaban J connectivity index is 1.68. The smallest absolute Gasteiger partial charge is 0.335 e. The fraction of sp³-hybridized carbons (Fsp3) is 0.250. The highest BCUT2D eigenvalue weighted by molar-refractivity contribution is 7.94. The third kappa shape index (κ3) is 7.81. The summed E-state index contributed by atoms with van der Waals surface area (Å²) in [6.07, 6.45) is 0. The van der Waals surface area contributed by atoms with Crippen molar-refractivity contribution in [1.29, 1.82) is 0 Å². The van der Waals surface area contributed by atoms with Crippen LogP contribution in [0, 0.1) is 0 Å². The van der Waals surface area contributed by atoms with Gasteiger partial charge in [-0.1, -0.05) is 5.04 Å². The Kier molecular flexibility index (Phi) is 10.3. The monoisotopic (exact) mass is 732 g/mol. The number of phenols is 1. The zero-order valence-electron chi connectivity index (χ0n) is 26.1. The van der Waals surface area contributed by atoms with Crippen molar-refractivity contribution in [3.63, 3.8) is 0 Å². The van der Waals surface area contributed by atoms with E-state index in [1.165, 1.54) is 6.07 Å². The molecule has 0 radical (unpaired) electrons.